The van der Waals surface area contributed by atoms with Gasteiger partial charge < -0.3 is 9.64 Å². The fourth-order valence-electron chi connectivity index (χ4n) is 3.09. The summed E-state index contributed by atoms with van der Waals surface area (Å²) in [6, 6.07) is 0. The van der Waals surface area contributed by atoms with Crippen LogP contribution in [0.15, 0.2) is 0 Å². The van der Waals surface area contributed by atoms with Gasteiger partial charge in [-0.2, -0.15) is 0 Å². The Balaban J connectivity index is 1.75. The molecule has 0 unspecified atom stereocenters. The van der Waals surface area contributed by atoms with Crippen molar-refractivity contribution < 1.29 is 9.53 Å². The topological polar surface area (TPSA) is 42.4 Å². The monoisotopic (exact) mass is 280 g/mol. The highest BCUT2D eigenvalue weighted by atomic mass is 32.1. The minimum Gasteiger partial charge on any atom is -0.462 e. The Morgan fingerprint density at radius 3 is 2.84 bits per heavy atom. The number of anilines is 1. The first kappa shape index (κ1) is 12.9. The third kappa shape index (κ3) is 2.24. The molecule has 0 N–H and O–H groups in total. The average molecular weight is 280 g/mol. The maximum absolute atomic E-state index is 11.8. The summed E-state index contributed by atoms with van der Waals surface area (Å²) in [7, 11) is 0. The highest BCUT2D eigenvalue weighted by Gasteiger charge is 2.43. The largest absolute Gasteiger partial charge is 0.462 e. The second-order valence-electron chi connectivity index (χ2n) is 5.66. The van der Waals surface area contributed by atoms with Gasteiger partial charge in [-0.05, 0) is 38.5 Å². The summed E-state index contributed by atoms with van der Waals surface area (Å²) in [4.78, 5) is 19.4. The van der Waals surface area contributed by atoms with Crippen molar-refractivity contribution in [2.24, 2.45) is 5.41 Å². The first-order valence-electron chi connectivity index (χ1n) is 7.03. The summed E-state index contributed by atoms with van der Waals surface area (Å²) >= 11 is 1.48. The van der Waals surface area contributed by atoms with Crippen molar-refractivity contribution in [1.82, 2.24) is 4.98 Å². The molecular formula is C14H20N2O2S. The number of nitrogens with zero attached hydrogens (tertiary/aromatic N) is 2. The SMILES string of the molecule is CCOC(=O)c1sc(N2CCC3(CCC3)C2)nc1C. The van der Waals surface area contributed by atoms with E-state index in [4.69, 9.17) is 4.74 Å². The molecule has 0 atom stereocenters. The van der Waals surface area contributed by atoms with E-state index in [1.54, 1.807) is 0 Å². The van der Waals surface area contributed by atoms with Gasteiger partial charge in [-0.25, -0.2) is 9.78 Å². The number of esters is 1. The maximum atomic E-state index is 11.8. The fraction of sp³-hybridized carbons (Fsp3) is 0.714. The van der Waals surface area contributed by atoms with Crippen molar-refractivity contribution in [1.29, 1.82) is 0 Å². The molecule has 2 aliphatic rings. The molecule has 1 aromatic heterocycles. The van der Waals surface area contributed by atoms with Gasteiger partial charge in [0.05, 0.1) is 12.3 Å². The van der Waals surface area contributed by atoms with Gasteiger partial charge in [0.1, 0.15) is 4.88 Å². The molecule has 1 spiro atoms. The van der Waals surface area contributed by atoms with E-state index >= 15 is 0 Å². The van der Waals surface area contributed by atoms with Crippen LogP contribution in [0.2, 0.25) is 0 Å². The summed E-state index contributed by atoms with van der Waals surface area (Å²) in [5, 5.41) is 0.990. The van der Waals surface area contributed by atoms with Gasteiger partial charge in [0.2, 0.25) is 0 Å². The van der Waals surface area contributed by atoms with Crippen LogP contribution in [0.1, 0.15) is 48.0 Å². The van der Waals surface area contributed by atoms with E-state index in [2.05, 4.69) is 9.88 Å². The van der Waals surface area contributed by atoms with E-state index < -0.39 is 0 Å². The van der Waals surface area contributed by atoms with Crippen molar-refractivity contribution in [3.63, 3.8) is 0 Å². The fourth-order valence-corrected chi connectivity index (χ4v) is 4.07. The molecule has 1 saturated heterocycles. The molecule has 1 aromatic rings. The van der Waals surface area contributed by atoms with Gasteiger partial charge >= 0.3 is 5.97 Å². The van der Waals surface area contributed by atoms with Crippen LogP contribution in [0.3, 0.4) is 0 Å². The summed E-state index contributed by atoms with van der Waals surface area (Å²) in [5.41, 5.74) is 1.36. The van der Waals surface area contributed by atoms with E-state index in [-0.39, 0.29) is 5.97 Å². The second kappa shape index (κ2) is 4.78. The van der Waals surface area contributed by atoms with Crippen LogP contribution in [0.25, 0.3) is 0 Å². The lowest BCUT2D eigenvalue weighted by atomic mass is 9.68. The van der Waals surface area contributed by atoms with Gasteiger partial charge in [-0.15, -0.1) is 0 Å². The van der Waals surface area contributed by atoms with Crippen LogP contribution in [-0.4, -0.2) is 30.6 Å². The molecule has 1 aliphatic heterocycles. The Morgan fingerprint density at radius 2 is 2.26 bits per heavy atom. The predicted octanol–water partition coefficient (Wildman–Crippen LogP) is 3.01. The van der Waals surface area contributed by atoms with Crippen molar-refractivity contribution in [3.8, 4) is 0 Å². The van der Waals surface area contributed by atoms with Crippen LogP contribution >= 0.6 is 11.3 Å². The number of rotatable bonds is 3. The molecule has 1 saturated carbocycles. The highest BCUT2D eigenvalue weighted by molar-refractivity contribution is 7.17. The van der Waals surface area contributed by atoms with Crippen LogP contribution < -0.4 is 4.90 Å². The molecule has 1 aliphatic carbocycles. The molecule has 2 fully saturated rings. The first-order chi connectivity index (χ1) is 9.13. The Labute approximate surface area is 117 Å². The van der Waals surface area contributed by atoms with Gasteiger partial charge in [0, 0.05) is 13.1 Å². The molecule has 5 heteroatoms. The van der Waals surface area contributed by atoms with Crippen molar-refractivity contribution >= 4 is 22.4 Å². The molecule has 2 heterocycles. The summed E-state index contributed by atoms with van der Waals surface area (Å²) in [6.45, 7) is 6.33. The second-order valence-corrected chi connectivity index (χ2v) is 6.63. The van der Waals surface area contributed by atoms with E-state index in [0.29, 0.717) is 16.9 Å². The smallest absolute Gasteiger partial charge is 0.350 e. The molecule has 3 rings (SSSR count). The third-order valence-corrected chi connectivity index (χ3v) is 5.57. The van der Waals surface area contributed by atoms with Gasteiger partial charge in [0.25, 0.3) is 0 Å². The zero-order chi connectivity index (χ0) is 13.5. The molecular weight excluding hydrogens is 260 g/mol. The minimum absolute atomic E-state index is 0.235. The zero-order valence-electron chi connectivity index (χ0n) is 11.6. The highest BCUT2D eigenvalue weighted by Crippen LogP contribution is 2.49. The lowest BCUT2D eigenvalue weighted by Crippen LogP contribution is -2.33. The maximum Gasteiger partial charge on any atom is 0.350 e. The number of hydrogen-bond acceptors (Lipinski definition) is 5. The van der Waals surface area contributed by atoms with E-state index in [9.17, 15) is 4.79 Å². The Morgan fingerprint density at radius 1 is 1.47 bits per heavy atom. The first-order valence-corrected chi connectivity index (χ1v) is 7.85. The molecule has 104 valence electrons. The number of aryl methyl sites for hydroxylation is 1. The number of carbonyl (C=O) groups is 1. The molecule has 0 aromatic carbocycles. The summed E-state index contributed by atoms with van der Waals surface area (Å²) in [5.74, 6) is -0.235. The van der Waals surface area contributed by atoms with Crippen LogP contribution in [0.4, 0.5) is 5.13 Å². The number of aromatic nitrogens is 1. The van der Waals surface area contributed by atoms with Crippen molar-refractivity contribution in [2.75, 3.05) is 24.6 Å². The lowest BCUT2D eigenvalue weighted by Gasteiger charge is -2.37. The Kier molecular flexibility index (Phi) is 3.25. The molecule has 4 nitrogen and oxygen atoms in total. The van der Waals surface area contributed by atoms with E-state index in [0.717, 1.165) is 23.9 Å². The van der Waals surface area contributed by atoms with Gasteiger partial charge in [-0.3, -0.25) is 0 Å². The zero-order valence-corrected chi connectivity index (χ0v) is 12.4. The summed E-state index contributed by atoms with van der Waals surface area (Å²) < 4.78 is 5.07. The van der Waals surface area contributed by atoms with Crippen LogP contribution in [-0.2, 0) is 4.74 Å². The molecule has 19 heavy (non-hydrogen) atoms. The predicted molar refractivity (Wildman–Crippen MR) is 75.9 cm³/mol. The number of ether oxygens (including phenoxy) is 1. The normalized spacial score (nSPS) is 20.6. The average Bonchev–Trinajstić information content (AvgIpc) is 2.92. The van der Waals surface area contributed by atoms with Crippen LogP contribution in [0.5, 0.6) is 0 Å². The third-order valence-electron chi connectivity index (χ3n) is 4.37. The quantitative estimate of drug-likeness (QED) is 0.798. The van der Waals surface area contributed by atoms with E-state index in [1.165, 1.54) is 37.0 Å². The molecule has 0 bridgehead atoms. The molecule has 0 radical (unpaired) electrons. The van der Waals surface area contributed by atoms with Gasteiger partial charge in [-0.1, -0.05) is 17.8 Å². The number of thiazole rings is 1. The summed E-state index contributed by atoms with van der Waals surface area (Å²) in [6.07, 6.45) is 5.37. The van der Waals surface area contributed by atoms with E-state index in [1.807, 2.05) is 13.8 Å². The Bertz CT molecular complexity index is 494. The van der Waals surface area contributed by atoms with Crippen molar-refractivity contribution in [3.05, 3.63) is 10.6 Å². The number of hydrogen-bond donors (Lipinski definition) is 0. The molecule has 0 amide bonds. The van der Waals surface area contributed by atoms with Gasteiger partial charge in [0.15, 0.2) is 5.13 Å². The standard InChI is InChI=1S/C14H20N2O2S/c1-3-18-12(17)11-10(2)15-13(19-11)16-8-7-14(9-16)5-4-6-14/h3-9H2,1-2H3. The lowest BCUT2D eigenvalue weighted by molar-refractivity contribution is 0.0531. The number of carbonyl (C=O) groups excluding carboxylic acids is 1. The van der Waals surface area contributed by atoms with Crippen molar-refractivity contribution in [2.45, 2.75) is 39.5 Å². The minimum atomic E-state index is -0.235. The van der Waals surface area contributed by atoms with Crippen LogP contribution in [0, 0.1) is 12.3 Å². The Hall–Kier alpha value is -1.10.